The normalized spacial score (nSPS) is 10.8. The van der Waals surface area contributed by atoms with Gasteiger partial charge in [0.2, 0.25) is 11.8 Å². The van der Waals surface area contributed by atoms with Crippen molar-refractivity contribution >= 4 is 23.2 Å². The third kappa shape index (κ3) is 5.49. The lowest BCUT2D eigenvalue weighted by molar-refractivity contribution is -0.119. The first kappa shape index (κ1) is 22.9. The second-order valence-corrected chi connectivity index (χ2v) is 8.24. The molecule has 32 heavy (non-hydrogen) atoms. The molecule has 1 aromatic heterocycles. The highest BCUT2D eigenvalue weighted by molar-refractivity contribution is 5.93. The third-order valence-corrected chi connectivity index (χ3v) is 5.27. The zero-order valence-electron chi connectivity index (χ0n) is 19.0. The maximum atomic E-state index is 12.5. The number of rotatable bonds is 6. The third-order valence-electron chi connectivity index (χ3n) is 5.27. The predicted octanol–water partition coefficient (Wildman–Crippen LogP) is 4.07. The molecule has 7 heteroatoms. The molecule has 0 fully saturated rings. The monoisotopic (exact) mass is 432 g/mol. The van der Waals surface area contributed by atoms with Gasteiger partial charge in [0.05, 0.1) is 5.69 Å². The maximum absolute atomic E-state index is 12.5. The number of hydrogen-bond donors (Lipinski definition) is 2. The van der Waals surface area contributed by atoms with Crippen LogP contribution >= 0.6 is 0 Å². The van der Waals surface area contributed by atoms with Gasteiger partial charge in [-0.15, -0.1) is 0 Å². The minimum absolute atomic E-state index is 0.0776. The van der Waals surface area contributed by atoms with Crippen molar-refractivity contribution in [3.63, 3.8) is 0 Å². The van der Waals surface area contributed by atoms with E-state index in [1.54, 1.807) is 6.07 Å². The molecular formula is C25H28N4O3. The Kier molecular flexibility index (Phi) is 6.88. The predicted molar refractivity (Wildman–Crippen MR) is 127 cm³/mol. The lowest BCUT2D eigenvalue weighted by atomic mass is 10.1. The van der Waals surface area contributed by atoms with Crippen LogP contribution in [0.3, 0.4) is 0 Å². The van der Waals surface area contributed by atoms with E-state index in [0.717, 1.165) is 26.9 Å². The van der Waals surface area contributed by atoms with Gasteiger partial charge in [-0.3, -0.25) is 14.4 Å². The van der Waals surface area contributed by atoms with Gasteiger partial charge in [-0.1, -0.05) is 32.0 Å². The largest absolute Gasteiger partial charge is 0.326 e. The van der Waals surface area contributed by atoms with Crippen LogP contribution < -0.4 is 16.2 Å². The molecule has 0 aliphatic rings. The first-order valence-electron chi connectivity index (χ1n) is 10.5. The van der Waals surface area contributed by atoms with Gasteiger partial charge in [0.15, 0.2) is 0 Å². The van der Waals surface area contributed by atoms with Crippen LogP contribution in [0.25, 0.3) is 11.3 Å². The number of benzene rings is 2. The Labute approximate surface area is 187 Å². The minimum atomic E-state index is -0.371. The van der Waals surface area contributed by atoms with Crippen molar-refractivity contribution in [1.29, 1.82) is 0 Å². The van der Waals surface area contributed by atoms with Crippen LogP contribution in [0.15, 0.2) is 53.3 Å². The van der Waals surface area contributed by atoms with Crippen molar-refractivity contribution in [1.82, 2.24) is 9.78 Å². The molecule has 2 N–H and O–H groups in total. The first-order valence-corrected chi connectivity index (χ1v) is 10.5. The number of nitrogens with one attached hydrogen (secondary N) is 2. The van der Waals surface area contributed by atoms with Crippen LogP contribution in [-0.4, -0.2) is 21.6 Å². The SMILES string of the molecule is Cc1ccc(NC(=O)Cn2nc(-c3ccc(C)c(NC(=O)C(C)C)c3)ccc2=O)cc1C. The number of carbonyl (C=O) groups excluding carboxylic acids is 2. The molecule has 0 radical (unpaired) electrons. The van der Waals surface area contributed by atoms with Crippen molar-refractivity contribution in [3.8, 4) is 11.3 Å². The van der Waals surface area contributed by atoms with Gasteiger partial charge in [-0.05, 0) is 61.7 Å². The molecule has 166 valence electrons. The van der Waals surface area contributed by atoms with Gasteiger partial charge in [0, 0.05) is 28.9 Å². The Morgan fingerprint density at radius 1 is 0.906 bits per heavy atom. The fourth-order valence-electron chi connectivity index (χ4n) is 3.06. The fourth-order valence-corrected chi connectivity index (χ4v) is 3.06. The topological polar surface area (TPSA) is 93.1 Å². The summed E-state index contributed by atoms with van der Waals surface area (Å²) in [4.78, 5) is 36.9. The fraction of sp³-hybridized carbons (Fsp3) is 0.280. The Morgan fingerprint density at radius 2 is 1.62 bits per heavy atom. The van der Waals surface area contributed by atoms with E-state index < -0.39 is 0 Å². The summed E-state index contributed by atoms with van der Waals surface area (Å²) in [7, 11) is 0. The lowest BCUT2D eigenvalue weighted by Crippen LogP contribution is -2.29. The van der Waals surface area contributed by atoms with E-state index in [-0.39, 0.29) is 29.8 Å². The van der Waals surface area contributed by atoms with E-state index in [4.69, 9.17) is 0 Å². The van der Waals surface area contributed by atoms with Gasteiger partial charge in [0.1, 0.15) is 6.54 Å². The number of amides is 2. The molecule has 0 saturated carbocycles. The summed E-state index contributed by atoms with van der Waals surface area (Å²) in [6, 6.07) is 14.2. The summed E-state index contributed by atoms with van der Waals surface area (Å²) in [6.45, 7) is 9.33. The molecule has 3 rings (SSSR count). The number of carbonyl (C=O) groups is 2. The van der Waals surface area contributed by atoms with E-state index in [1.165, 1.54) is 6.07 Å². The quantitative estimate of drug-likeness (QED) is 0.614. The zero-order valence-corrected chi connectivity index (χ0v) is 19.0. The molecule has 0 unspecified atom stereocenters. The Balaban J connectivity index is 1.82. The van der Waals surface area contributed by atoms with Gasteiger partial charge < -0.3 is 10.6 Å². The average Bonchev–Trinajstić information content (AvgIpc) is 2.74. The zero-order chi connectivity index (χ0) is 23.4. The van der Waals surface area contributed by atoms with Crippen molar-refractivity contribution in [2.24, 2.45) is 5.92 Å². The maximum Gasteiger partial charge on any atom is 0.267 e. The van der Waals surface area contributed by atoms with E-state index in [9.17, 15) is 14.4 Å². The van der Waals surface area contributed by atoms with E-state index >= 15 is 0 Å². The molecule has 0 bridgehead atoms. The van der Waals surface area contributed by atoms with Crippen molar-refractivity contribution < 1.29 is 9.59 Å². The van der Waals surface area contributed by atoms with Crippen LogP contribution in [0.1, 0.15) is 30.5 Å². The van der Waals surface area contributed by atoms with E-state index in [2.05, 4.69) is 15.7 Å². The van der Waals surface area contributed by atoms with Crippen LogP contribution in [-0.2, 0) is 16.1 Å². The molecule has 1 heterocycles. The Hall–Kier alpha value is -3.74. The Bertz CT molecular complexity index is 1230. The lowest BCUT2D eigenvalue weighted by Gasteiger charge is -2.13. The highest BCUT2D eigenvalue weighted by Gasteiger charge is 2.12. The second kappa shape index (κ2) is 9.60. The van der Waals surface area contributed by atoms with Crippen molar-refractivity contribution in [3.05, 3.63) is 75.6 Å². The Morgan fingerprint density at radius 3 is 2.31 bits per heavy atom. The molecule has 0 saturated heterocycles. The molecular weight excluding hydrogens is 404 g/mol. The van der Waals surface area contributed by atoms with Gasteiger partial charge in [-0.2, -0.15) is 5.10 Å². The van der Waals surface area contributed by atoms with Gasteiger partial charge >= 0.3 is 0 Å². The van der Waals surface area contributed by atoms with Crippen LogP contribution in [0.2, 0.25) is 0 Å². The number of aromatic nitrogens is 2. The highest BCUT2D eigenvalue weighted by Crippen LogP contribution is 2.24. The number of nitrogens with zero attached hydrogens (tertiary/aromatic N) is 2. The number of hydrogen-bond acceptors (Lipinski definition) is 4. The van der Waals surface area contributed by atoms with Gasteiger partial charge in [0.25, 0.3) is 5.56 Å². The summed E-state index contributed by atoms with van der Waals surface area (Å²) in [5, 5.41) is 10.1. The molecule has 2 aromatic carbocycles. The molecule has 7 nitrogen and oxygen atoms in total. The van der Waals surface area contributed by atoms with E-state index in [1.807, 2.05) is 71.0 Å². The first-order chi connectivity index (χ1) is 15.1. The molecule has 2 amide bonds. The van der Waals surface area contributed by atoms with Crippen molar-refractivity contribution in [2.45, 2.75) is 41.2 Å². The standard InChI is InChI=1S/C25H28N4O3/c1-15(2)25(32)27-22-13-19(8-6-17(22)4)21-10-11-24(31)29(28-21)14-23(30)26-20-9-7-16(3)18(5)12-20/h6-13,15H,14H2,1-5H3,(H,26,30)(H,27,32). The summed E-state index contributed by atoms with van der Waals surface area (Å²) < 4.78 is 1.14. The molecule has 3 aromatic rings. The minimum Gasteiger partial charge on any atom is -0.326 e. The number of aryl methyl sites for hydroxylation is 3. The van der Waals surface area contributed by atoms with E-state index in [0.29, 0.717) is 17.1 Å². The molecule has 0 atom stereocenters. The summed E-state index contributed by atoms with van der Waals surface area (Å²) in [5.74, 6) is -0.561. The van der Waals surface area contributed by atoms with Crippen LogP contribution in [0.5, 0.6) is 0 Å². The second-order valence-electron chi connectivity index (χ2n) is 8.24. The summed E-state index contributed by atoms with van der Waals surface area (Å²) in [5.41, 5.74) is 5.38. The highest BCUT2D eigenvalue weighted by atomic mass is 16.2. The van der Waals surface area contributed by atoms with Crippen molar-refractivity contribution in [2.75, 3.05) is 10.6 Å². The van der Waals surface area contributed by atoms with Crippen LogP contribution in [0.4, 0.5) is 11.4 Å². The molecule has 0 aliphatic heterocycles. The van der Waals surface area contributed by atoms with Crippen LogP contribution in [0, 0.1) is 26.7 Å². The number of anilines is 2. The smallest absolute Gasteiger partial charge is 0.267 e. The molecule has 0 aliphatic carbocycles. The molecule has 0 spiro atoms. The summed E-state index contributed by atoms with van der Waals surface area (Å²) in [6.07, 6.45) is 0. The average molecular weight is 433 g/mol. The van der Waals surface area contributed by atoms with Gasteiger partial charge in [-0.25, -0.2) is 4.68 Å². The summed E-state index contributed by atoms with van der Waals surface area (Å²) >= 11 is 0.